The van der Waals surface area contributed by atoms with Crippen molar-refractivity contribution in [2.45, 2.75) is 26.7 Å². The van der Waals surface area contributed by atoms with Gasteiger partial charge in [-0.3, -0.25) is 9.59 Å². The van der Waals surface area contributed by atoms with E-state index >= 15 is 0 Å². The molecule has 1 amide bonds. The minimum absolute atomic E-state index is 0.0561. The van der Waals surface area contributed by atoms with Crippen molar-refractivity contribution in [3.8, 4) is 0 Å². The predicted octanol–water partition coefficient (Wildman–Crippen LogP) is 1.66. The summed E-state index contributed by atoms with van der Waals surface area (Å²) in [7, 11) is 1.83. The second-order valence-corrected chi connectivity index (χ2v) is 5.66. The van der Waals surface area contributed by atoms with Crippen LogP contribution in [-0.4, -0.2) is 31.8 Å². The Morgan fingerprint density at radius 1 is 1.22 bits per heavy atom. The molecule has 18 heavy (non-hydrogen) atoms. The van der Waals surface area contributed by atoms with E-state index in [0.717, 1.165) is 21.9 Å². The van der Waals surface area contributed by atoms with Crippen molar-refractivity contribution in [2.75, 3.05) is 20.1 Å². The van der Waals surface area contributed by atoms with Crippen LogP contribution in [0.15, 0.2) is 6.07 Å². The van der Waals surface area contributed by atoms with Crippen LogP contribution in [0.3, 0.4) is 0 Å². The molecule has 0 aliphatic rings. The van der Waals surface area contributed by atoms with Gasteiger partial charge in [-0.2, -0.15) is 0 Å². The molecule has 0 aliphatic heterocycles. The number of hydrogen-bond donors (Lipinski definition) is 2. The highest BCUT2D eigenvalue weighted by Crippen LogP contribution is 2.22. The zero-order valence-corrected chi connectivity index (χ0v) is 11.9. The van der Waals surface area contributed by atoms with E-state index < -0.39 is 0 Å². The topological polar surface area (TPSA) is 58.2 Å². The first-order chi connectivity index (χ1) is 8.54. The van der Waals surface area contributed by atoms with E-state index in [9.17, 15) is 9.59 Å². The molecular weight excluding hydrogens is 248 g/mol. The molecule has 0 aliphatic carbocycles. The van der Waals surface area contributed by atoms with Crippen LogP contribution in [0.25, 0.3) is 0 Å². The Hall–Kier alpha value is -1.20. The number of rotatable bonds is 7. The molecular formula is C13H20N2O2S. The fourth-order valence-corrected chi connectivity index (χ4v) is 2.63. The van der Waals surface area contributed by atoms with Crippen LogP contribution < -0.4 is 10.6 Å². The highest BCUT2D eigenvalue weighted by molar-refractivity contribution is 7.12. The molecule has 0 atom stereocenters. The van der Waals surface area contributed by atoms with Crippen LogP contribution in [0.2, 0.25) is 0 Å². The minimum Gasteiger partial charge on any atom is -0.355 e. The third-order valence-electron chi connectivity index (χ3n) is 2.62. The SMILES string of the molecule is CNCCNC(=O)CCC(=O)c1cc(C)sc1C. The van der Waals surface area contributed by atoms with Crippen LogP contribution in [0, 0.1) is 13.8 Å². The maximum atomic E-state index is 11.9. The first kappa shape index (κ1) is 14.9. The first-order valence-electron chi connectivity index (χ1n) is 6.06. The highest BCUT2D eigenvalue weighted by Gasteiger charge is 2.13. The van der Waals surface area contributed by atoms with Gasteiger partial charge in [0.25, 0.3) is 0 Å². The predicted molar refractivity (Wildman–Crippen MR) is 74.3 cm³/mol. The minimum atomic E-state index is -0.0665. The highest BCUT2D eigenvalue weighted by atomic mass is 32.1. The number of ketones is 1. The molecule has 1 rings (SSSR count). The summed E-state index contributed by atoms with van der Waals surface area (Å²) in [5.41, 5.74) is 0.764. The van der Waals surface area contributed by atoms with Gasteiger partial charge in [0.15, 0.2) is 5.78 Å². The summed E-state index contributed by atoms with van der Waals surface area (Å²) in [6, 6.07) is 1.90. The van der Waals surface area contributed by atoms with Gasteiger partial charge >= 0.3 is 0 Å². The second-order valence-electron chi connectivity index (χ2n) is 4.20. The summed E-state index contributed by atoms with van der Waals surface area (Å²) in [6.07, 6.45) is 0.541. The van der Waals surface area contributed by atoms with Crippen molar-refractivity contribution in [1.29, 1.82) is 0 Å². The maximum absolute atomic E-state index is 11.9. The number of amides is 1. The van der Waals surface area contributed by atoms with Gasteiger partial charge in [-0.25, -0.2) is 0 Å². The lowest BCUT2D eigenvalue weighted by molar-refractivity contribution is -0.121. The van der Waals surface area contributed by atoms with Crippen LogP contribution in [0.1, 0.15) is 33.0 Å². The number of carbonyl (C=O) groups excluding carboxylic acids is 2. The number of thiophene rings is 1. The van der Waals surface area contributed by atoms with Crippen molar-refractivity contribution in [1.82, 2.24) is 10.6 Å². The molecule has 1 heterocycles. The van der Waals surface area contributed by atoms with Gasteiger partial charge in [-0.05, 0) is 27.0 Å². The molecule has 0 radical (unpaired) electrons. The Bertz CT molecular complexity index is 427. The van der Waals surface area contributed by atoms with Gasteiger partial charge in [-0.15, -0.1) is 11.3 Å². The molecule has 0 unspecified atom stereocenters. The second kappa shape index (κ2) is 7.28. The fraction of sp³-hybridized carbons (Fsp3) is 0.538. The lowest BCUT2D eigenvalue weighted by Gasteiger charge is -2.04. The molecule has 0 spiro atoms. The first-order valence-corrected chi connectivity index (χ1v) is 6.87. The van der Waals surface area contributed by atoms with E-state index in [4.69, 9.17) is 0 Å². The summed E-state index contributed by atoms with van der Waals surface area (Å²) < 4.78 is 0. The van der Waals surface area contributed by atoms with E-state index in [2.05, 4.69) is 10.6 Å². The van der Waals surface area contributed by atoms with Gasteiger partial charge in [0, 0.05) is 41.2 Å². The van der Waals surface area contributed by atoms with E-state index in [1.165, 1.54) is 0 Å². The van der Waals surface area contributed by atoms with Crippen LogP contribution in [0.5, 0.6) is 0 Å². The molecule has 0 bridgehead atoms. The number of nitrogens with one attached hydrogen (secondary N) is 2. The van der Waals surface area contributed by atoms with Crippen molar-refractivity contribution in [3.05, 3.63) is 21.4 Å². The van der Waals surface area contributed by atoms with Crippen LogP contribution in [-0.2, 0) is 4.79 Å². The normalized spacial score (nSPS) is 10.4. The molecule has 0 fully saturated rings. The lowest BCUT2D eigenvalue weighted by Crippen LogP contribution is -2.30. The maximum Gasteiger partial charge on any atom is 0.220 e. The summed E-state index contributed by atoms with van der Waals surface area (Å²) in [4.78, 5) is 25.6. The van der Waals surface area contributed by atoms with Crippen molar-refractivity contribution >= 4 is 23.0 Å². The fourth-order valence-electron chi connectivity index (χ4n) is 1.68. The smallest absolute Gasteiger partial charge is 0.220 e. The number of carbonyl (C=O) groups is 2. The van der Waals surface area contributed by atoms with E-state index in [1.807, 2.05) is 27.0 Å². The molecule has 0 saturated carbocycles. The Labute approximate surface area is 112 Å². The standard InChI is InChI=1S/C13H20N2O2S/c1-9-8-11(10(2)18-9)12(16)4-5-13(17)15-7-6-14-3/h8,14H,4-7H2,1-3H3,(H,15,17). The van der Waals surface area contributed by atoms with Gasteiger partial charge in [0.05, 0.1) is 0 Å². The van der Waals surface area contributed by atoms with Crippen molar-refractivity contribution in [3.63, 3.8) is 0 Å². The molecule has 2 N–H and O–H groups in total. The Balaban J connectivity index is 2.37. The zero-order valence-electron chi connectivity index (χ0n) is 11.1. The molecule has 0 aromatic carbocycles. The molecule has 1 aromatic heterocycles. The van der Waals surface area contributed by atoms with E-state index in [-0.39, 0.29) is 24.5 Å². The Morgan fingerprint density at radius 2 is 1.94 bits per heavy atom. The molecule has 1 aromatic rings. The monoisotopic (exact) mass is 268 g/mol. The quantitative estimate of drug-likeness (QED) is 0.584. The van der Waals surface area contributed by atoms with E-state index in [0.29, 0.717) is 6.54 Å². The van der Waals surface area contributed by atoms with E-state index in [1.54, 1.807) is 11.3 Å². The Kier molecular flexibility index (Phi) is 6.01. The number of hydrogen-bond acceptors (Lipinski definition) is 4. The van der Waals surface area contributed by atoms with Gasteiger partial charge < -0.3 is 10.6 Å². The number of likely N-dealkylation sites (N-methyl/N-ethyl adjacent to an activating group) is 1. The Morgan fingerprint density at radius 3 is 2.50 bits per heavy atom. The molecule has 0 saturated heterocycles. The average Bonchev–Trinajstić information content (AvgIpc) is 2.66. The molecule has 4 nitrogen and oxygen atoms in total. The van der Waals surface area contributed by atoms with Crippen molar-refractivity contribution < 1.29 is 9.59 Å². The third-order valence-corrected chi connectivity index (χ3v) is 3.58. The number of aryl methyl sites for hydroxylation is 2. The molecule has 5 heteroatoms. The average molecular weight is 268 g/mol. The van der Waals surface area contributed by atoms with Crippen LogP contribution in [0.4, 0.5) is 0 Å². The largest absolute Gasteiger partial charge is 0.355 e. The van der Waals surface area contributed by atoms with Crippen molar-refractivity contribution in [2.24, 2.45) is 0 Å². The summed E-state index contributed by atoms with van der Waals surface area (Å²) >= 11 is 1.62. The molecule has 100 valence electrons. The summed E-state index contributed by atoms with van der Waals surface area (Å²) in [5, 5.41) is 5.70. The zero-order chi connectivity index (χ0) is 13.5. The number of Topliss-reactive ketones (excluding diaryl/α,β-unsaturated/α-hetero) is 1. The van der Waals surface area contributed by atoms with Gasteiger partial charge in [0.1, 0.15) is 0 Å². The lowest BCUT2D eigenvalue weighted by atomic mass is 10.1. The summed E-state index contributed by atoms with van der Waals surface area (Å²) in [5.74, 6) is -0.0104. The van der Waals surface area contributed by atoms with Gasteiger partial charge in [0.2, 0.25) is 5.91 Å². The summed E-state index contributed by atoms with van der Waals surface area (Å²) in [6.45, 7) is 5.26. The van der Waals surface area contributed by atoms with Gasteiger partial charge in [-0.1, -0.05) is 0 Å². The van der Waals surface area contributed by atoms with Crippen LogP contribution >= 0.6 is 11.3 Å². The third kappa shape index (κ3) is 4.58.